The van der Waals surface area contributed by atoms with Gasteiger partial charge in [0.2, 0.25) is 0 Å². The average molecular weight is 282 g/mol. The second kappa shape index (κ2) is 6.39. The van der Waals surface area contributed by atoms with Crippen molar-refractivity contribution in [3.05, 3.63) is 54.4 Å². The Labute approximate surface area is 124 Å². The Hall–Kier alpha value is -2.36. The molecule has 4 heteroatoms. The molecule has 1 heterocycles. The molecule has 21 heavy (non-hydrogen) atoms. The Morgan fingerprint density at radius 3 is 2.71 bits per heavy atom. The van der Waals surface area contributed by atoms with Crippen LogP contribution in [-0.4, -0.2) is 17.4 Å². The van der Waals surface area contributed by atoms with Gasteiger partial charge >= 0.3 is 0 Å². The monoisotopic (exact) mass is 282 g/mol. The fraction of sp³-hybridized carbons (Fsp3) is 0.294. The molecule has 1 aliphatic rings. The first-order valence-corrected chi connectivity index (χ1v) is 7.27. The molecule has 108 valence electrons. The van der Waals surface area contributed by atoms with Crippen molar-refractivity contribution >= 4 is 5.91 Å². The summed E-state index contributed by atoms with van der Waals surface area (Å²) in [6, 6.07) is 10.8. The van der Waals surface area contributed by atoms with Crippen molar-refractivity contribution < 1.29 is 9.53 Å². The maximum atomic E-state index is 12.1. The second-order valence-electron chi connectivity index (χ2n) is 5.32. The number of rotatable bonds is 5. The summed E-state index contributed by atoms with van der Waals surface area (Å²) in [5, 5.41) is 2.99. The molecule has 2 aromatic rings. The number of carbonyl (C=O) groups is 1. The molecule has 1 fully saturated rings. The third-order valence-electron chi connectivity index (χ3n) is 3.76. The van der Waals surface area contributed by atoms with Gasteiger partial charge in [-0.15, -0.1) is 0 Å². The van der Waals surface area contributed by atoms with Crippen LogP contribution in [0.3, 0.4) is 0 Å². The zero-order chi connectivity index (χ0) is 14.5. The highest BCUT2D eigenvalue weighted by atomic mass is 16.5. The van der Waals surface area contributed by atoms with Gasteiger partial charge in [-0.05, 0) is 49.1 Å². The summed E-state index contributed by atoms with van der Waals surface area (Å²) in [5.41, 5.74) is 0.626. The molecule has 0 atom stereocenters. The standard InChI is InChI=1S/C17H18N2O2/c20-17(19-12-13-3-1-4-13)14-5-2-6-16(11-14)21-15-7-9-18-10-8-15/h2,5-11,13H,1,3-4,12H2,(H,19,20). The lowest BCUT2D eigenvalue weighted by Crippen LogP contribution is -2.32. The molecule has 4 nitrogen and oxygen atoms in total. The lowest BCUT2D eigenvalue weighted by molar-refractivity contribution is 0.0939. The maximum absolute atomic E-state index is 12.1. The predicted molar refractivity (Wildman–Crippen MR) is 80.4 cm³/mol. The van der Waals surface area contributed by atoms with Gasteiger partial charge in [0.25, 0.3) is 5.91 Å². The van der Waals surface area contributed by atoms with Crippen molar-refractivity contribution in [1.29, 1.82) is 0 Å². The second-order valence-corrected chi connectivity index (χ2v) is 5.32. The first-order valence-electron chi connectivity index (χ1n) is 7.27. The first kappa shape index (κ1) is 13.6. The molecular weight excluding hydrogens is 264 g/mol. The molecule has 0 saturated heterocycles. The Kier molecular flexibility index (Phi) is 4.15. The number of ether oxygens (including phenoxy) is 1. The summed E-state index contributed by atoms with van der Waals surface area (Å²) in [7, 11) is 0. The highest BCUT2D eigenvalue weighted by Gasteiger charge is 2.18. The fourth-order valence-electron chi connectivity index (χ4n) is 2.28. The normalized spacial score (nSPS) is 14.3. The number of carbonyl (C=O) groups excluding carboxylic acids is 1. The van der Waals surface area contributed by atoms with Crippen LogP contribution in [0.25, 0.3) is 0 Å². The van der Waals surface area contributed by atoms with Crippen LogP contribution in [-0.2, 0) is 0 Å². The quantitative estimate of drug-likeness (QED) is 0.914. The minimum Gasteiger partial charge on any atom is -0.457 e. The van der Waals surface area contributed by atoms with Gasteiger partial charge in [0.05, 0.1) is 0 Å². The van der Waals surface area contributed by atoms with Crippen LogP contribution in [0.1, 0.15) is 29.6 Å². The molecule has 0 bridgehead atoms. The van der Waals surface area contributed by atoms with E-state index in [0.29, 0.717) is 23.0 Å². The van der Waals surface area contributed by atoms with Crippen LogP contribution in [0.15, 0.2) is 48.8 Å². The number of nitrogens with one attached hydrogen (secondary N) is 1. The van der Waals surface area contributed by atoms with Gasteiger partial charge in [-0.1, -0.05) is 12.5 Å². The van der Waals surface area contributed by atoms with Crippen molar-refractivity contribution in [1.82, 2.24) is 10.3 Å². The lowest BCUT2D eigenvalue weighted by Gasteiger charge is -2.25. The lowest BCUT2D eigenvalue weighted by atomic mass is 9.85. The van der Waals surface area contributed by atoms with E-state index < -0.39 is 0 Å². The van der Waals surface area contributed by atoms with Crippen LogP contribution < -0.4 is 10.1 Å². The minimum atomic E-state index is -0.0397. The van der Waals surface area contributed by atoms with Gasteiger partial charge in [0.1, 0.15) is 11.5 Å². The van der Waals surface area contributed by atoms with E-state index in [9.17, 15) is 4.79 Å². The molecule has 0 unspecified atom stereocenters. The maximum Gasteiger partial charge on any atom is 0.251 e. The first-order chi connectivity index (χ1) is 10.3. The van der Waals surface area contributed by atoms with Crippen LogP contribution >= 0.6 is 0 Å². The number of hydrogen-bond donors (Lipinski definition) is 1. The molecule has 0 radical (unpaired) electrons. The third kappa shape index (κ3) is 3.60. The molecule has 1 N–H and O–H groups in total. The largest absolute Gasteiger partial charge is 0.457 e. The Morgan fingerprint density at radius 1 is 1.19 bits per heavy atom. The molecule has 1 aromatic carbocycles. The van der Waals surface area contributed by atoms with Crippen LogP contribution in [0.4, 0.5) is 0 Å². The Morgan fingerprint density at radius 2 is 2.00 bits per heavy atom. The van der Waals surface area contributed by atoms with Crippen molar-refractivity contribution in [2.75, 3.05) is 6.54 Å². The van der Waals surface area contributed by atoms with E-state index in [-0.39, 0.29) is 5.91 Å². The van der Waals surface area contributed by atoms with E-state index in [1.807, 2.05) is 12.1 Å². The summed E-state index contributed by atoms with van der Waals surface area (Å²) < 4.78 is 5.71. The third-order valence-corrected chi connectivity index (χ3v) is 3.76. The van der Waals surface area contributed by atoms with Gasteiger partial charge in [0.15, 0.2) is 0 Å². The van der Waals surface area contributed by atoms with Crippen molar-refractivity contribution in [3.63, 3.8) is 0 Å². The van der Waals surface area contributed by atoms with Gasteiger partial charge in [-0.2, -0.15) is 0 Å². The zero-order valence-corrected chi connectivity index (χ0v) is 11.8. The number of amides is 1. The molecule has 3 rings (SSSR count). The smallest absolute Gasteiger partial charge is 0.251 e. The van der Waals surface area contributed by atoms with Crippen LogP contribution in [0.2, 0.25) is 0 Å². The molecule has 1 amide bonds. The van der Waals surface area contributed by atoms with Crippen molar-refractivity contribution in [3.8, 4) is 11.5 Å². The molecule has 0 spiro atoms. The Bertz CT molecular complexity index is 609. The number of benzene rings is 1. The van der Waals surface area contributed by atoms with Gasteiger partial charge in [-0.3, -0.25) is 9.78 Å². The van der Waals surface area contributed by atoms with E-state index in [1.54, 1.807) is 36.7 Å². The summed E-state index contributed by atoms with van der Waals surface area (Å²) in [5.74, 6) is 1.97. The van der Waals surface area contributed by atoms with Gasteiger partial charge < -0.3 is 10.1 Å². The summed E-state index contributed by atoms with van der Waals surface area (Å²) >= 11 is 0. The zero-order valence-electron chi connectivity index (χ0n) is 11.8. The van der Waals surface area contributed by atoms with Crippen LogP contribution in [0.5, 0.6) is 11.5 Å². The van der Waals surface area contributed by atoms with Crippen molar-refractivity contribution in [2.45, 2.75) is 19.3 Å². The Balaban J connectivity index is 1.63. The number of aromatic nitrogens is 1. The summed E-state index contributed by atoms with van der Waals surface area (Å²) in [6.07, 6.45) is 7.09. The number of hydrogen-bond acceptors (Lipinski definition) is 3. The number of pyridine rings is 1. The minimum absolute atomic E-state index is 0.0397. The fourth-order valence-corrected chi connectivity index (χ4v) is 2.28. The van der Waals surface area contributed by atoms with Crippen LogP contribution in [0, 0.1) is 5.92 Å². The van der Waals surface area contributed by atoms with Gasteiger partial charge in [0, 0.05) is 24.5 Å². The van der Waals surface area contributed by atoms with Crippen molar-refractivity contribution in [2.24, 2.45) is 5.92 Å². The molecule has 1 saturated carbocycles. The highest BCUT2D eigenvalue weighted by molar-refractivity contribution is 5.94. The topological polar surface area (TPSA) is 51.2 Å². The van der Waals surface area contributed by atoms with E-state index in [2.05, 4.69) is 10.3 Å². The van der Waals surface area contributed by atoms with E-state index in [0.717, 1.165) is 6.54 Å². The molecular formula is C17H18N2O2. The summed E-state index contributed by atoms with van der Waals surface area (Å²) in [6.45, 7) is 0.772. The SMILES string of the molecule is O=C(NCC1CCC1)c1cccc(Oc2ccncc2)c1. The van der Waals surface area contributed by atoms with E-state index in [4.69, 9.17) is 4.74 Å². The molecule has 0 aliphatic heterocycles. The average Bonchev–Trinajstić information content (AvgIpc) is 2.47. The summed E-state index contributed by atoms with van der Waals surface area (Å²) in [4.78, 5) is 16.1. The molecule has 1 aromatic heterocycles. The highest BCUT2D eigenvalue weighted by Crippen LogP contribution is 2.25. The van der Waals surface area contributed by atoms with E-state index in [1.165, 1.54) is 19.3 Å². The van der Waals surface area contributed by atoms with E-state index >= 15 is 0 Å². The predicted octanol–water partition coefficient (Wildman–Crippen LogP) is 3.40. The molecule has 1 aliphatic carbocycles. The number of nitrogens with zero attached hydrogens (tertiary/aromatic N) is 1. The van der Waals surface area contributed by atoms with Gasteiger partial charge in [-0.25, -0.2) is 0 Å².